The summed E-state index contributed by atoms with van der Waals surface area (Å²) in [6.45, 7) is 2.48. The quantitative estimate of drug-likeness (QED) is 0.423. The molecule has 0 radical (unpaired) electrons. The maximum absolute atomic E-state index is 12.2. The number of nitrogens with zero attached hydrogens (tertiary/aromatic N) is 1. The van der Waals surface area contributed by atoms with Gasteiger partial charge in [-0.15, -0.1) is 0 Å². The molecule has 3 aromatic rings. The maximum atomic E-state index is 12.2. The zero-order valence-electron chi connectivity index (χ0n) is 13.5. The molecule has 0 spiro atoms. The lowest BCUT2D eigenvalue weighted by Gasteiger charge is -2.01. The first-order chi connectivity index (χ1) is 12.1. The van der Waals surface area contributed by atoms with Gasteiger partial charge in [0.2, 0.25) is 0 Å². The van der Waals surface area contributed by atoms with E-state index in [1.165, 1.54) is 24.4 Å². The molecule has 2 aromatic carbocycles. The summed E-state index contributed by atoms with van der Waals surface area (Å²) in [7, 11) is 0. The number of hydrogen-bond acceptors (Lipinski definition) is 5. The number of ether oxygens (including phenoxy) is 1. The molecule has 0 bridgehead atoms. The first-order valence-electron chi connectivity index (χ1n) is 7.68. The molecule has 0 saturated carbocycles. The van der Waals surface area contributed by atoms with Gasteiger partial charge in [0, 0.05) is 22.5 Å². The molecule has 0 atom stereocenters. The molecule has 128 valence electrons. The Balaban J connectivity index is 1.72. The Morgan fingerprint density at radius 3 is 2.84 bits per heavy atom. The van der Waals surface area contributed by atoms with Gasteiger partial charge in [0.25, 0.3) is 5.91 Å². The number of phenolic OH excluding ortho intramolecular Hbond substituents is 2. The Labute approximate surface area is 143 Å². The number of carbonyl (C=O) groups is 1. The number of benzene rings is 2. The second kappa shape index (κ2) is 6.96. The largest absolute Gasteiger partial charge is 0.508 e. The van der Waals surface area contributed by atoms with Crippen molar-refractivity contribution in [2.75, 3.05) is 6.61 Å². The van der Waals surface area contributed by atoms with Crippen molar-refractivity contribution in [1.29, 1.82) is 0 Å². The lowest BCUT2D eigenvalue weighted by Crippen LogP contribution is -2.17. The fourth-order valence-electron chi connectivity index (χ4n) is 2.35. The molecule has 1 heterocycles. The molecule has 0 aliphatic rings. The van der Waals surface area contributed by atoms with E-state index in [4.69, 9.17) is 4.74 Å². The number of fused-ring (bicyclic) bond motifs is 1. The highest BCUT2D eigenvalue weighted by Crippen LogP contribution is 2.22. The van der Waals surface area contributed by atoms with Crippen LogP contribution in [0.3, 0.4) is 0 Å². The Morgan fingerprint density at radius 2 is 2.08 bits per heavy atom. The fraction of sp³-hybridized carbons (Fsp3) is 0.111. The molecule has 25 heavy (non-hydrogen) atoms. The van der Waals surface area contributed by atoms with Gasteiger partial charge < -0.3 is 19.9 Å². The predicted molar refractivity (Wildman–Crippen MR) is 94.3 cm³/mol. The van der Waals surface area contributed by atoms with Gasteiger partial charge in [-0.2, -0.15) is 5.10 Å². The zero-order valence-corrected chi connectivity index (χ0v) is 13.5. The van der Waals surface area contributed by atoms with E-state index >= 15 is 0 Å². The molecule has 4 N–H and O–H groups in total. The van der Waals surface area contributed by atoms with Crippen LogP contribution < -0.4 is 10.2 Å². The SMILES string of the molecule is CCOc1ccc2[nH]c(C(=O)N/N=C\c3ccc(O)cc3O)cc2c1. The van der Waals surface area contributed by atoms with Gasteiger partial charge in [-0.1, -0.05) is 0 Å². The van der Waals surface area contributed by atoms with Crippen LogP contribution in [-0.2, 0) is 0 Å². The lowest BCUT2D eigenvalue weighted by atomic mass is 10.2. The van der Waals surface area contributed by atoms with Crippen LogP contribution in [0, 0.1) is 0 Å². The molecule has 1 aromatic heterocycles. The standard InChI is InChI=1S/C18H17N3O4/c1-2-25-14-5-6-15-12(7-14)8-16(20-15)18(24)21-19-10-11-3-4-13(22)9-17(11)23/h3-10,20,22-23H,2H2,1H3,(H,21,24)/b19-10-. The van der Waals surface area contributed by atoms with E-state index in [-0.39, 0.29) is 11.5 Å². The molecule has 0 fully saturated rings. The van der Waals surface area contributed by atoms with Crippen molar-refractivity contribution in [2.24, 2.45) is 5.10 Å². The Morgan fingerprint density at radius 1 is 1.24 bits per heavy atom. The van der Waals surface area contributed by atoms with E-state index in [9.17, 15) is 15.0 Å². The van der Waals surface area contributed by atoms with E-state index in [0.29, 0.717) is 17.9 Å². The van der Waals surface area contributed by atoms with E-state index < -0.39 is 5.91 Å². The molecular weight excluding hydrogens is 322 g/mol. The van der Waals surface area contributed by atoms with Gasteiger partial charge in [0.05, 0.1) is 12.8 Å². The average molecular weight is 339 g/mol. The summed E-state index contributed by atoms with van der Waals surface area (Å²) in [6, 6.07) is 11.3. The van der Waals surface area contributed by atoms with Gasteiger partial charge in [0.1, 0.15) is 22.9 Å². The van der Waals surface area contributed by atoms with E-state index in [2.05, 4.69) is 15.5 Å². The molecule has 0 aliphatic carbocycles. The Hall–Kier alpha value is -3.48. The summed E-state index contributed by atoms with van der Waals surface area (Å²) >= 11 is 0. The first-order valence-corrected chi connectivity index (χ1v) is 7.68. The molecule has 0 aliphatic heterocycles. The van der Waals surface area contributed by atoms with E-state index in [0.717, 1.165) is 16.7 Å². The zero-order chi connectivity index (χ0) is 17.8. The normalized spacial score (nSPS) is 11.1. The second-order valence-corrected chi connectivity index (χ2v) is 5.31. The van der Waals surface area contributed by atoms with Crippen LogP contribution in [-0.4, -0.2) is 33.9 Å². The smallest absolute Gasteiger partial charge is 0.287 e. The van der Waals surface area contributed by atoms with Crippen molar-refractivity contribution < 1.29 is 19.7 Å². The van der Waals surface area contributed by atoms with Gasteiger partial charge in [-0.3, -0.25) is 4.79 Å². The Bertz CT molecular complexity index is 947. The number of amides is 1. The molecule has 7 heteroatoms. The van der Waals surface area contributed by atoms with Crippen LogP contribution in [0.4, 0.5) is 0 Å². The number of hydrazone groups is 1. The lowest BCUT2D eigenvalue weighted by molar-refractivity contribution is 0.0951. The molecule has 0 saturated heterocycles. The number of hydrogen-bond donors (Lipinski definition) is 4. The van der Waals surface area contributed by atoms with Crippen LogP contribution in [0.2, 0.25) is 0 Å². The third-order valence-corrected chi connectivity index (χ3v) is 3.53. The highest BCUT2D eigenvalue weighted by molar-refractivity contribution is 5.98. The summed E-state index contributed by atoms with van der Waals surface area (Å²) in [5.74, 6) is 0.140. The number of H-pyrrole nitrogens is 1. The van der Waals surface area contributed by atoms with Crippen molar-refractivity contribution in [3.8, 4) is 17.2 Å². The number of phenols is 2. The van der Waals surface area contributed by atoms with Gasteiger partial charge in [-0.25, -0.2) is 5.43 Å². The minimum Gasteiger partial charge on any atom is -0.508 e. The topological polar surface area (TPSA) is 107 Å². The maximum Gasteiger partial charge on any atom is 0.287 e. The Kier molecular flexibility index (Phi) is 4.56. The minimum absolute atomic E-state index is 0.0526. The molecule has 3 rings (SSSR count). The van der Waals surface area contributed by atoms with Gasteiger partial charge in [0.15, 0.2) is 0 Å². The molecule has 0 unspecified atom stereocenters. The van der Waals surface area contributed by atoms with Crippen LogP contribution in [0.25, 0.3) is 10.9 Å². The fourth-order valence-corrected chi connectivity index (χ4v) is 2.35. The number of nitrogens with one attached hydrogen (secondary N) is 2. The van der Waals surface area contributed by atoms with Gasteiger partial charge in [-0.05, 0) is 43.3 Å². The molecular formula is C18H17N3O4. The second-order valence-electron chi connectivity index (χ2n) is 5.31. The van der Waals surface area contributed by atoms with Crippen LogP contribution in [0.1, 0.15) is 23.0 Å². The third-order valence-electron chi connectivity index (χ3n) is 3.53. The number of carbonyl (C=O) groups excluding carboxylic acids is 1. The van der Waals surface area contributed by atoms with Crippen LogP contribution in [0.15, 0.2) is 47.6 Å². The van der Waals surface area contributed by atoms with Gasteiger partial charge >= 0.3 is 0 Å². The monoisotopic (exact) mass is 339 g/mol. The number of aromatic nitrogens is 1. The average Bonchev–Trinajstić information content (AvgIpc) is 3.00. The van der Waals surface area contributed by atoms with Crippen LogP contribution in [0.5, 0.6) is 17.2 Å². The number of aromatic hydroxyl groups is 2. The van der Waals surface area contributed by atoms with Crippen molar-refractivity contribution >= 4 is 23.0 Å². The summed E-state index contributed by atoms with van der Waals surface area (Å²) in [6.07, 6.45) is 1.29. The van der Waals surface area contributed by atoms with E-state index in [1.807, 2.05) is 25.1 Å². The summed E-state index contributed by atoms with van der Waals surface area (Å²) in [5.41, 5.74) is 3.93. The summed E-state index contributed by atoms with van der Waals surface area (Å²) < 4.78 is 5.44. The van der Waals surface area contributed by atoms with E-state index in [1.54, 1.807) is 6.07 Å². The van der Waals surface area contributed by atoms with Crippen molar-refractivity contribution in [2.45, 2.75) is 6.92 Å². The van der Waals surface area contributed by atoms with Crippen LogP contribution >= 0.6 is 0 Å². The third kappa shape index (κ3) is 3.72. The van der Waals surface area contributed by atoms with Crippen molar-refractivity contribution in [1.82, 2.24) is 10.4 Å². The highest BCUT2D eigenvalue weighted by Gasteiger charge is 2.09. The first kappa shape index (κ1) is 16.4. The molecule has 1 amide bonds. The van der Waals surface area contributed by atoms with Crippen molar-refractivity contribution in [3.05, 3.63) is 53.7 Å². The van der Waals surface area contributed by atoms with Crippen molar-refractivity contribution in [3.63, 3.8) is 0 Å². The predicted octanol–water partition coefficient (Wildman–Crippen LogP) is 2.74. The molecule has 7 nitrogen and oxygen atoms in total. The minimum atomic E-state index is -0.413. The highest BCUT2D eigenvalue weighted by atomic mass is 16.5. The summed E-state index contributed by atoms with van der Waals surface area (Å²) in [4.78, 5) is 15.2. The number of rotatable bonds is 5. The number of aromatic amines is 1. The summed E-state index contributed by atoms with van der Waals surface area (Å²) in [5, 5.41) is 23.6.